The molecule has 0 aliphatic carbocycles. The highest BCUT2D eigenvalue weighted by atomic mass is 32.2. The zero-order valence-corrected chi connectivity index (χ0v) is 15.1. The fraction of sp³-hybridized carbons (Fsp3) is 0.500. The van der Waals surface area contributed by atoms with E-state index in [1.807, 2.05) is 13.0 Å². The molecular weight excluding hydrogens is 348 g/mol. The molecule has 0 saturated carbocycles. The molecule has 3 rings (SSSR count). The van der Waals surface area contributed by atoms with Crippen molar-refractivity contribution in [2.24, 2.45) is 0 Å². The van der Waals surface area contributed by atoms with Gasteiger partial charge in [-0.1, -0.05) is 6.92 Å². The van der Waals surface area contributed by atoms with Crippen LogP contribution in [0.25, 0.3) is 0 Å². The maximum Gasteiger partial charge on any atom is 0.254 e. The number of benzene rings is 1. The van der Waals surface area contributed by atoms with Gasteiger partial charge in [0, 0.05) is 23.0 Å². The number of nitrogens with zero attached hydrogens (tertiary/aromatic N) is 1. The van der Waals surface area contributed by atoms with Crippen molar-refractivity contribution in [3.05, 3.63) is 23.8 Å². The predicted molar refractivity (Wildman–Crippen MR) is 94.2 cm³/mol. The highest BCUT2D eigenvalue weighted by Crippen LogP contribution is 2.32. The molecule has 130 valence electrons. The number of hydrogen-bond donors (Lipinski definition) is 1. The molecule has 2 heterocycles. The summed E-state index contributed by atoms with van der Waals surface area (Å²) in [5, 5.41) is 2.78. The Morgan fingerprint density at radius 1 is 1.42 bits per heavy atom. The Hall–Kier alpha value is -1.54. The van der Waals surface area contributed by atoms with E-state index in [0.29, 0.717) is 30.0 Å². The van der Waals surface area contributed by atoms with Crippen molar-refractivity contribution in [3.8, 4) is 0 Å². The summed E-state index contributed by atoms with van der Waals surface area (Å²) in [6.45, 7) is 2.49. The molecule has 1 atom stereocenters. The Morgan fingerprint density at radius 2 is 2.21 bits per heavy atom. The van der Waals surface area contributed by atoms with Crippen molar-refractivity contribution in [2.45, 2.75) is 30.7 Å². The summed E-state index contributed by atoms with van der Waals surface area (Å²) in [4.78, 5) is 27.1. The molecule has 2 aliphatic heterocycles. The molecule has 2 amide bonds. The minimum Gasteiger partial charge on any atom is -0.335 e. The molecule has 1 unspecified atom stereocenters. The van der Waals surface area contributed by atoms with Crippen LogP contribution in [0.4, 0.5) is 5.69 Å². The van der Waals surface area contributed by atoms with Crippen molar-refractivity contribution in [2.75, 3.05) is 29.1 Å². The van der Waals surface area contributed by atoms with Crippen LogP contribution in [0.15, 0.2) is 23.1 Å². The fourth-order valence-corrected chi connectivity index (χ4v) is 5.61. The van der Waals surface area contributed by atoms with Gasteiger partial charge >= 0.3 is 0 Å². The lowest BCUT2D eigenvalue weighted by Crippen LogP contribution is -2.41. The average Bonchev–Trinajstić information content (AvgIpc) is 2.91. The van der Waals surface area contributed by atoms with E-state index < -0.39 is 9.84 Å². The number of rotatable bonds is 4. The molecular formula is C16H20N2O4S2. The second kappa shape index (κ2) is 6.76. The Kier molecular flexibility index (Phi) is 4.87. The third-order valence-electron chi connectivity index (χ3n) is 4.23. The highest BCUT2D eigenvalue weighted by Gasteiger charge is 2.34. The van der Waals surface area contributed by atoms with Gasteiger partial charge in [-0.3, -0.25) is 9.59 Å². The molecule has 0 aromatic heterocycles. The Morgan fingerprint density at radius 3 is 2.88 bits per heavy atom. The number of thioether (sulfide) groups is 1. The summed E-state index contributed by atoms with van der Waals surface area (Å²) in [5.41, 5.74) is 1.13. The monoisotopic (exact) mass is 368 g/mol. The lowest BCUT2D eigenvalue weighted by Gasteiger charge is -2.28. The molecule has 1 fully saturated rings. The van der Waals surface area contributed by atoms with Crippen LogP contribution in [0.3, 0.4) is 0 Å². The first-order chi connectivity index (χ1) is 11.4. The van der Waals surface area contributed by atoms with E-state index in [1.54, 1.807) is 17.0 Å². The number of fused-ring (bicyclic) bond motifs is 1. The van der Waals surface area contributed by atoms with Gasteiger partial charge in [0.15, 0.2) is 9.84 Å². The molecule has 0 bridgehead atoms. The summed E-state index contributed by atoms with van der Waals surface area (Å²) < 4.78 is 23.5. The van der Waals surface area contributed by atoms with E-state index in [-0.39, 0.29) is 29.4 Å². The Balaban J connectivity index is 1.85. The molecule has 1 aromatic carbocycles. The second-order valence-corrected chi connectivity index (χ2v) is 9.35. The van der Waals surface area contributed by atoms with Crippen LogP contribution in [0, 0.1) is 0 Å². The molecule has 1 aromatic rings. The van der Waals surface area contributed by atoms with Gasteiger partial charge in [0.05, 0.1) is 22.9 Å². The smallest absolute Gasteiger partial charge is 0.254 e. The summed E-state index contributed by atoms with van der Waals surface area (Å²) in [6, 6.07) is 5.01. The molecule has 1 N–H and O–H groups in total. The van der Waals surface area contributed by atoms with Gasteiger partial charge < -0.3 is 10.2 Å². The quantitative estimate of drug-likeness (QED) is 0.876. The molecule has 2 aliphatic rings. The number of carbonyl (C=O) groups excluding carboxylic acids is 2. The normalized spacial score (nSPS) is 21.9. The van der Waals surface area contributed by atoms with E-state index >= 15 is 0 Å². The van der Waals surface area contributed by atoms with Crippen molar-refractivity contribution in [1.29, 1.82) is 0 Å². The fourth-order valence-electron chi connectivity index (χ4n) is 3.09. The van der Waals surface area contributed by atoms with Gasteiger partial charge in [0.25, 0.3) is 5.91 Å². The summed E-state index contributed by atoms with van der Waals surface area (Å²) in [7, 11) is -3.05. The minimum absolute atomic E-state index is 0.0380. The summed E-state index contributed by atoms with van der Waals surface area (Å²) in [6.07, 6.45) is 1.26. The van der Waals surface area contributed by atoms with Crippen LogP contribution in [-0.4, -0.2) is 55.0 Å². The first kappa shape index (κ1) is 17.3. The van der Waals surface area contributed by atoms with Crippen LogP contribution in [0.2, 0.25) is 0 Å². The van der Waals surface area contributed by atoms with E-state index in [1.165, 1.54) is 11.8 Å². The van der Waals surface area contributed by atoms with Crippen LogP contribution in [0.5, 0.6) is 0 Å². The zero-order chi connectivity index (χ0) is 17.3. The van der Waals surface area contributed by atoms with E-state index in [9.17, 15) is 18.0 Å². The number of nitrogens with one attached hydrogen (secondary N) is 1. The standard InChI is InChI=1S/C16H20N2O4S2/c1-2-6-18(12-5-7-24(21,22)10-12)16(20)11-3-4-14-13(8-11)17-15(19)9-23-14/h3-4,8,12H,2,5-7,9-10H2,1H3,(H,17,19). The van der Waals surface area contributed by atoms with Crippen LogP contribution < -0.4 is 5.32 Å². The average molecular weight is 368 g/mol. The van der Waals surface area contributed by atoms with E-state index in [4.69, 9.17) is 0 Å². The lowest BCUT2D eigenvalue weighted by atomic mass is 10.1. The first-order valence-electron chi connectivity index (χ1n) is 7.97. The number of amides is 2. The Labute approximate surface area is 145 Å². The molecule has 0 radical (unpaired) electrons. The van der Waals surface area contributed by atoms with Crippen molar-refractivity contribution >= 4 is 39.1 Å². The van der Waals surface area contributed by atoms with Crippen molar-refractivity contribution in [1.82, 2.24) is 4.90 Å². The minimum atomic E-state index is -3.05. The van der Waals surface area contributed by atoms with Gasteiger partial charge in [-0.25, -0.2) is 8.42 Å². The maximum absolute atomic E-state index is 12.9. The number of sulfone groups is 1. The molecule has 6 nitrogen and oxygen atoms in total. The van der Waals surface area contributed by atoms with Gasteiger partial charge in [0.2, 0.25) is 5.91 Å². The molecule has 1 saturated heterocycles. The van der Waals surface area contributed by atoms with Crippen molar-refractivity contribution in [3.63, 3.8) is 0 Å². The van der Waals surface area contributed by atoms with E-state index in [2.05, 4.69) is 5.32 Å². The van der Waals surface area contributed by atoms with Gasteiger partial charge in [-0.05, 0) is 31.0 Å². The van der Waals surface area contributed by atoms with Crippen molar-refractivity contribution < 1.29 is 18.0 Å². The Bertz CT molecular complexity index is 776. The molecule has 24 heavy (non-hydrogen) atoms. The topological polar surface area (TPSA) is 83.6 Å². The summed E-state index contributed by atoms with van der Waals surface area (Å²) in [5.74, 6) is 0.302. The number of hydrogen-bond acceptors (Lipinski definition) is 5. The zero-order valence-electron chi connectivity index (χ0n) is 13.4. The molecule has 8 heteroatoms. The first-order valence-corrected chi connectivity index (χ1v) is 10.8. The van der Waals surface area contributed by atoms with Crippen LogP contribution in [-0.2, 0) is 14.6 Å². The predicted octanol–water partition coefficient (Wildman–Crippen LogP) is 1.77. The summed E-state index contributed by atoms with van der Waals surface area (Å²) >= 11 is 1.44. The molecule has 0 spiro atoms. The maximum atomic E-state index is 12.9. The number of anilines is 1. The highest BCUT2D eigenvalue weighted by molar-refractivity contribution is 8.00. The van der Waals surface area contributed by atoms with Gasteiger partial charge in [0.1, 0.15) is 0 Å². The van der Waals surface area contributed by atoms with E-state index in [0.717, 1.165) is 11.3 Å². The van der Waals surface area contributed by atoms with Crippen LogP contribution >= 0.6 is 11.8 Å². The van der Waals surface area contributed by atoms with Crippen LogP contribution in [0.1, 0.15) is 30.1 Å². The third kappa shape index (κ3) is 3.59. The third-order valence-corrected chi connectivity index (χ3v) is 7.06. The lowest BCUT2D eigenvalue weighted by molar-refractivity contribution is -0.113. The largest absolute Gasteiger partial charge is 0.335 e. The van der Waals surface area contributed by atoms with Gasteiger partial charge in [-0.2, -0.15) is 0 Å². The SMILES string of the molecule is CCCN(C(=O)c1ccc2c(c1)NC(=O)CS2)C1CCS(=O)(=O)C1. The van der Waals surface area contributed by atoms with Gasteiger partial charge in [-0.15, -0.1) is 11.8 Å². The second-order valence-electron chi connectivity index (χ2n) is 6.10. The number of carbonyl (C=O) groups is 2.